The van der Waals surface area contributed by atoms with Crippen molar-refractivity contribution in [3.8, 4) is 0 Å². The van der Waals surface area contributed by atoms with Crippen LogP contribution in [0, 0.1) is 19.8 Å². The summed E-state index contributed by atoms with van der Waals surface area (Å²) < 4.78 is 0. The Kier molecular flexibility index (Phi) is 4.22. The lowest BCUT2D eigenvalue weighted by Crippen LogP contribution is -2.14. The van der Waals surface area contributed by atoms with Crippen molar-refractivity contribution in [1.82, 2.24) is 0 Å². The molecule has 0 aliphatic heterocycles. The second kappa shape index (κ2) is 5.68. The zero-order valence-electron chi connectivity index (χ0n) is 11.1. The molecule has 0 aromatic heterocycles. The summed E-state index contributed by atoms with van der Waals surface area (Å²) in [7, 11) is 0. The maximum Gasteiger partial charge on any atom is 0.0583 e. The molecule has 1 fully saturated rings. The van der Waals surface area contributed by atoms with Crippen molar-refractivity contribution in [2.45, 2.75) is 58.5 Å². The van der Waals surface area contributed by atoms with Crippen LogP contribution >= 0.6 is 0 Å². The van der Waals surface area contributed by atoms with Crippen molar-refractivity contribution >= 4 is 0 Å². The van der Waals surface area contributed by atoms with Crippen molar-refractivity contribution in [1.29, 1.82) is 0 Å². The molecule has 94 valence electrons. The highest BCUT2D eigenvalue weighted by molar-refractivity contribution is 5.30. The average molecular weight is 232 g/mol. The number of aliphatic hydroxyl groups excluding tert-OH is 1. The number of hydrogen-bond donors (Lipinski definition) is 1. The van der Waals surface area contributed by atoms with Gasteiger partial charge in [0.25, 0.3) is 0 Å². The van der Waals surface area contributed by atoms with Crippen LogP contribution in [0.2, 0.25) is 0 Å². The Bertz CT molecular complexity index is 364. The van der Waals surface area contributed by atoms with Gasteiger partial charge >= 0.3 is 0 Å². The molecule has 1 N–H and O–H groups in total. The van der Waals surface area contributed by atoms with E-state index in [1.165, 1.54) is 42.4 Å². The van der Waals surface area contributed by atoms with Crippen molar-refractivity contribution in [2.75, 3.05) is 0 Å². The fourth-order valence-electron chi connectivity index (χ4n) is 2.92. The fraction of sp³-hybridized carbons (Fsp3) is 0.625. The van der Waals surface area contributed by atoms with E-state index in [9.17, 15) is 5.11 Å². The molecule has 1 nitrogen and oxygen atoms in total. The van der Waals surface area contributed by atoms with Crippen LogP contribution in [0.25, 0.3) is 0 Å². The molecule has 0 saturated heterocycles. The average Bonchev–Trinajstić information content (AvgIpc) is 2.76. The first-order valence-electron chi connectivity index (χ1n) is 6.89. The summed E-state index contributed by atoms with van der Waals surface area (Å²) in [5.41, 5.74) is 3.94. The van der Waals surface area contributed by atoms with Gasteiger partial charge in [-0.05, 0) is 49.3 Å². The first-order chi connectivity index (χ1) is 8.15. The molecular formula is C16H24O. The van der Waals surface area contributed by atoms with Gasteiger partial charge in [0, 0.05) is 0 Å². The molecule has 1 aromatic carbocycles. The topological polar surface area (TPSA) is 20.2 Å². The molecule has 1 aliphatic rings. The summed E-state index contributed by atoms with van der Waals surface area (Å²) in [6, 6.07) is 6.53. The van der Waals surface area contributed by atoms with Gasteiger partial charge < -0.3 is 5.11 Å². The molecule has 1 heteroatoms. The fourth-order valence-corrected chi connectivity index (χ4v) is 2.92. The number of rotatable bonds is 4. The second-order valence-electron chi connectivity index (χ2n) is 5.66. The number of hydrogen-bond acceptors (Lipinski definition) is 1. The van der Waals surface area contributed by atoms with Crippen LogP contribution in [-0.2, 0) is 6.42 Å². The minimum Gasteiger partial charge on any atom is -0.393 e. The van der Waals surface area contributed by atoms with Gasteiger partial charge in [-0.15, -0.1) is 0 Å². The second-order valence-corrected chi connectivity index (χ2v) is 5.66. The van der Waals surface area contributed by atoms with E-state index in [4.69, 9.17) is 0 Å². The molecule has 1 aliphatic carbocycles. The summed E-state index contributed by atoms with van der Waals surface area (Å²) in [6.07, 6.45) is 7.03. The molecule has 2 rings (SSSR count). The Labute approximate surface area is 105 Å². The predicted octanol–water partition coefficient (Wildman–Crippen LogP) is 3.79. The number of aryl methyl sites for hydroxylation is 2. The lowest BCUT2D eigenvalue weighted by molar-refractivity contribution is 0.143. The number of aliphatic hydroxyl groups is 1. The molecular weight excluding hydrogens is 208 g/mol. The highest BCUT2D eigenvalue weighted by Crippen LogP contribution is 2.29. The quantitative estimate of drug-likeness (QED) is 0.837. The largest absolute Gasteiger partial charge is 0.393 e. The van der Waals surface area contributed by atoms with Crippen molar-refractivity contribution < 1.29 is 5.11 Å². The van der Waals surface area contributed by atoms with E-state index in [-0.39, 0.29) is 6.10 Å². The SMILES string of the molecule is Cc1ccc(CC(O)CC2CCCC2)cc1C. The Hall–Kier alpha value is -0.820. The molecule has 0 radical (unpaired) electrons. The molecule has 0 amide bonds. The van der Waals surface area contributed by atoms with E-state index in [0.717, 1.165) is 18.8 Å². The van der Waals surface area contributed by atoms with Gasteiger partial charge in [0.05, 0.1) is 6.10 Å². The molecule has 0 heterocycles. The van der Waals surface area contributed by atoms with E-state index in [1.807, 2.05) is 0 Å². The van der Waals surface area contributed by atoms with E-state index in [1.54, 1.807) is 0 Å². The van der Waals surface area contributed by atoms with Gasteiger partial charge in [0.2, 0.25) is 0 Å². The molecule has 1 saturated carbocycles. The van der Waals surface area contributed by atoms with Crippen LogP contribution in [0.3, 0.4) is 0 Å². The highest BCUT2D eigenvalue weighted by Gasteiger charge is 2.18. The van der Waals surface area contributed by atoms with Gasteiger partial charge in [-0.25, -0.2) is 0 Å². The molecule has 0 bridgehead atoms. The zero-order chi connectivity index (χ0) is 12.3. The van der Waals surface area contributed by atoms with Gasteiger partial charge in [0.15, 0.2) is 0 Å². The van der Waals surface area contributed by atoms with Gasteiger partial charge in [-0.2, -0.15) is 0 Å². The van der Waals surface area contributed by atoms with Crippen LogP contribution in [0.5, 0.6) is 0 Å². The standard InChI is InChI=1S/C16H24O/c1-12-7-8-15(9-13(12)2)11-16(17)10-14-5-3-4-6-14/h7-9,14,16-17H,3-6,10-11H2,1-2H3. The van der Waals surface area contributed by atoms with Gasteiger partial charge in [-0.3, -0.25) is 0 Å². The van der Waals surface area contributed by atoms with Crippen LogP contribution < -0.4 is 0 Å². The smallest absolute Gasteiger partial charge is 0.0583 e. The van der Waals surface area contributed by atoms with Crippen molar-refractivity contribution in [2.24, 2.45) is 5.92 Å². The minimum absolute atomic E-state index is 0.153. The van der Waals surface area contributed by atoms with Crippen molar-refractivity contribution in [3.05, 3.63) is 34.9 Å². The van der Waals surface area contributed by atoms with E-state index in [2.05, 4.69) is 32.0 Å². The van der Waals surface area contributed by atoms with Crippen LogP contribution in [0.1, 0.15) is 48.8 Å². The van der Waals surface area contributed by atoms with E-state index >= 15 is 0 Å². The first-order valence-corrected chi connectivity index (χ1v) is 6.89. The molecule has 17 heavy (non-hydrogen) atoms. The lowest BCUT2D eigenvalue weighted by Gasteiger charge is -2.16. The third-order valence-corrected chi connectivity index (χ3v) is 4.12. The predicted molar refractivity (Wildman–Crippen MR) is 72.2 cm³/mol. The molecule has 0 spiro atoms. The van der Waals surface area contributed by atoms with Crippen molar-refractivity contribution in [3.63, 3.8) is 0 Å². The maximum absolute atomic E-state index is 10.1. The molecule has 1 aromatic rings. The zero-order valence-corrected chi connectivity index (χ0v) is 11.1. The Morgan fingerprint density at radius 1 is 1.18 bits per heavy atom. The minimum atomic E-state index is -0.153. The lowest BCUT2D eigenvalue weighted by atomic mass is 9.95. The molecule has 1 atom stereocenters. The van der Waals surface area contributed by atoms with Crippen LogP contribution in [0.4, 0.5) is 0 Å². The summed E-state index contributed by atoms with van der Waals surface area (Å²) in [5.74, 6) is 0.775. The monoisotopic (exact) mass is 232 g/mol. The van der Waals surface area contributed by atoms with Crippen LogP contribution in [-0.4, -0.2) is 11.2 Å². The summed E-state index contributed by atoms with van der Waals surface area (Å²) in [6.45, 7) is 4.27. The first kappa shape index (κ1) is 12.6. The Balaban J connectivity index is 1.88. The normalized spacial score (nSPS) is 18.5. The molecule has 1 unspecified atom stereocenters. The summed E-state index contributed by atoms with van der Waals surface area (Å²) >= 11 is 0. The maximum atomic E-state index is 10.1. The summed E-state index contributed by atoms with van der Waals surface area (Å²) in [5, 5.41) is 10.1. The van der Waals surface area contributed by atoms with E-state index < -0.39 is 0 Å². The third kappa shape index (κ3) is 3.57. The number of benzene rings is 1. The highest BCUT2D eigenvalue weighted by atomic mass is 16.3. The Morgan fingerprint density at radius 2 is 1.88 bits per heavy atom. The van der Waals surface area contributed by atoms with Gasteiger partial charge in [-0.1, -0.05) is 43.9 Å². The summed E-state index contributed by atoms with van der Waals surface area (Å²) in [4.78, 5) is 0. The Morgan fingerprint density at radius 3 is 2.53 bits per heavy atom. The van der Waals surface area contributed by atoms with E-state index in [0.29, 0.717) is 0 Å². The third-order valence-electron chi connectivity index (χ3n) is 4.12. The van der Waals surface area contributed by atoms with Gasteiger partial charge in [0.1, 0.15) is 0 Å². The van der Waals surface area contributed by atoms with Crippen LogP contribution in [0.15, 0.2) is 18.2 Å².